The molecule has 0 aromatic heterocycles. The molecule has 0 aliphatic heterocycles. The van der Waals surface area contributed by atoms with Crippen molar-refractivity contribution in [3.05, 3.63) is 16.6 Å². The zero-order valence-corrected chi connectivity index (χ0v) is 12.0. The number of carbonyl (C=O) groups excluding carboxylic acids is 1. The Bertz CT molecular complexity index is 424. The van der Waals surface area contributed by atoms with Gasteiger partial charge in [-0.2, -0.15) is 0 Å². The van der Waals surface area contributed by atoms with Crippen molar-refractivity contribution in [1.29, 1.82) is 0 Å². The van der Waals surface area contributed by atoms with Gasteiger partial charge < -0.3 is 20.5 Å². The first-order chi connectivity index (χ1) is 8.62. The molecule has 5 nitrogen and oxygen atoms in total. The van der Waals surface area contributed by atoms with E-state index in [0.717, 1.165) is 4.47 Å². The topological polar surface area (TPSA) is 73.6 Å². The van der Waals surface area contributed by atoms with Crippen LogP contribution in [0, 0.1) is 0 Å². The number of ether oxygens (including phenoxy) is 2. The van der Waals surface area contributed by atoms with E-state index in [-0.39, 0.29) is 5.91 Å². The Morgan fingerprint density at radius 1 is 1.33 bits per heavy atom. The second-order valence-corrected chi connectivity index (χ2v) is 4.48. The van der Waals surface area contributed by atoms with Crippen molar-refractivity contribution >= 4 is 27.5 Å². The molecule has 1 aromatic rings. The summed E-state index contributed by atoms with van der Waals surface area (Å²) >= 11 is 3.37. The minimum atomic E-state index is -0.0756. The quantitative estimate of drug-likeness (QED) is 0.843. The Balaban J connectivity index is 2.85. The van der Waals surface area contributed by atoms with Gasteiger partial charge in [0.25, 0.3) is 0 Å². The number of anilines is 1. The summed E-state index contributed by atoms with van der Waals surface area (Å²) in [6, 6.07) is 3.46. The SMILES string of the molecule is COc1cc(Br)c(NC(=O)CCCN)cc1OC. The second-order valence-electron chi connectivity index (χ2n) is 3.63. The van der Waals surface area contributed by atoms with Gasteiger partial charge >= 0.3 is 0 Å². The van der Waals surface area contributed by atoms with Gasteiger partial charge in [0.05, 0.1) is 19.9 Å². The van der Waals surface area contributed by atoms with Gasteiger partial charge in [-0.1, -0.05) is 0 Å². The first-order valence-electron chi connectivity index (χ1n) is 5.53. The molecule has 0 saturated carbocycles. The standard InChI is InChI=1S/C12H17BrN2O3/c1-17-10-6-8(13)9(7-11(10)18-2)15-12(16)4-3-5-14/h6-7H,3-5,14H2,1-2H3,(H,15,16). The van der Waals surface area contributed by atoms with E-state index in [1.807, 2.05) is 0 Å². The van der Waals surface area contributed by atoms with Crippen LogP contribution < -0.4 is 20.5 Å². The number of methoxy groups -OCH3 is 2. The molecule has 0 aliphatic rings. The fraction of sp³-hybridized carbons (Fsp3) is 0.417. The number of hydrogen-bond donors (Lipinski definition) is 2. The van der Waals surface area contributed by atoms with Gasteiger partial charge in [-0.15, -0.1) is 0 Å². The molecule has 18 heavy (non-hydrogen) atoms. The summed E-state index contributed by atoms with van der Waals surface area (Å²) in [7, 11) is 3.11. The van der Waals surface area contributed by atoms with Crippen molar-refractivity contribution in [3.8, 4) is 11.5 Å². The van der Waals surface area contributed by atoms with Gasteiger partial charge in [-0.05, 0) is 28.9 Å². The van der Waals surface area contributed by atoms with Crippen molar-refractivity contribution in [3.63, 3.8) is 0 Å². The maximum atomic E-state index is 11.6. The molecule has 6 heteroatoms. The summed E-state index contributed by atoms with van der Waals surface area (Å²) in [6.07, 6.45) is 1.06. The molecule has 0 aliphatic carbocycles. The maximum absolute atomic E-state index is 11.6. The van der Waals surface area contributed by atoms with E-state index in [2.05, 4.69) is 21.2 Å². The van der Waals surface area contributed by atoms with E-state index in [0.29, 0.717) is 36.6 Å². The Hall–Kier alpha value is -1.27. The highest BCUT2D eigenvalue weighted by molar-refractivity contribution is 9.10. The molecule has 0 radical (unpaired) electrons. The number of hydrogen-bond acceptors (Lipinski definition) is 4. The fourth-order valence-electron chi connectivity index (χ4n) is 1.43. The normalized spacial score (nSPS) is 10.0. The summed E-state index contributed by atoms with van der Waals surface area (Å²) in [6.45, 7) is 0.501. The van der Waals surface area contributed by atoms with Gasteiger partial charge in [0.2, 0.25) is 5.91 Å². The number of halogens is 1. The van der Waals surface area contributed by atoms with E-state index in [1.54, 1.807) is 26.4 Å². The summed E-state index contributed by atoms with van der Waals surface area (Å²) in [5.41, 5.74) is 6.01. The van der Waals surface area contributed by atoms with Gasteiger partial charge in [0, 0.05) is 23.0 Å². The first kappa shape index (κ1) is 14.8. The molecule has 1 amide bonds. The van der Waals surface area contributed by atoms with E-state index >= 15 is 0 Å². The Labute approximate surface area is 115 Å². The van der Waals surface area contributed by atoms with Crippen molar-refractivity contribution < 1.29 is 14.3 Å². The third-order valence-corrected chi connectivity index (χ3v) is 3.01. The number of carbonyl (C=O) groups is 1. The molecule has 0 unspecified atom stereocenters. The third-order valence-electron chi connectivity index (χ3n) is 2.36. The second kappa shape index (κ2) is 7.23. The first-order valence-corrected chi connectivity index (χ1v) is 6.33. The average molecular weight is 317 g/mol. The smallest absolute Gasteiger partial charge is 0.224 e. The van der Waals surface area contributed by atoms with Crippen LogP contribution in [0.1, 0.15) is 12.8 Å². The van der Waals surface area contributed by atoms with E-state index in [1.165, 1.54) is 0 Å². The van der Waals surface area contributed by atoms with Gasteiger partial charge in [0.15, 0.2) is 11.5 Å². The fourth-order valence-corrected chi connectivity index (χ4v) is 1.85. The molecule has 0 fully saturated rings. The molecule has 1 aromatic carbocycles. The summed E-state index contributed by atoms with van der Waals surface area (Å²) < 4.78 is 11.1. The molecular weight excluding hydrogens is 300 g/mol. The largest absolute Gasteiger partial charge is 0.493 e. The number of rotatable bonds is 6. The lowest BCUT2D eigenvalue weighted by atomic mass is 10.2. The monoisotopic (exact) mass is 316 g/mol. The Morgan fingerprint density at radius 2 is 1.94 bits per heavy atom. The number of benzene rings is 1. The van der Waals surface area contributed by atoms with Crippen LogP contribution in [-0.4, -0.2) is 26.7 Å². The van der Waals surface area contributed by atoms with E-state index < -0.39 is 0 Å². The van der Waals surface area contributed by atoms with Gasteiger partial charge in [-0.25, -0.2) is 0 Å². The zero-order valence-electron chi connectivity index (χ0n) is 10.5. The molecule has 0 spiro atoms. The molecule has 0 atom stereocenters. The molecular formula is C12H17BrN2O3. The van der Waals surface area contributed by atoms with Gasteiger partial charge in [-0.3, -0.25) is 4.79 Å². The third kappa shape index (κ3) is 3.89. The van der Waals surface area contributed by atoms with Crippen LogP contribution in [0.25, 0.3) is 0 Å². The summed E-state index contributed by atoms with van der Waals surface area (Å²) in [4.78, 5) is 11.6. The Morgan fingerprint density at radius 3 is 2.50 bits per heavy atom. The molecule has 100 valence electrons. The summed E-state index contributed by atoms with van der Waals surface area (Å²) in [5, 5.41) is 2.79. The predicted octanol–water partition coefficient (Wildman–Crippen LogP) is 2.14. The average Bonchev–Trinajstić information content (AvgIpc) is 2.38. The van der Waals surface area contributed by atoms with Crippen molar-refractivity contribution in [2.45, 2.75) is 12.8 Å². The highest BCUT2D eigenvalue weighted by Gasteiger charge is 2.11. The molecule has 0 heterocycles. The van der Waals surface area contributed by atoms with Crippen LogP contribution in [-0.2, 0) is 4.79 Å². The number of amides is 1. The lowest BCUT2D eigenvalue weighted by Crippen LogP contribution is -2.13. The van der Waals surface area contributed by atoms with Crippen LogP contribution in [0.15, 0.2) is 16.6 Å². The van der Waals surface area contributed by atoms with Crippen LogP contribution in [0.5, 0.6) is 11.5 Å². The minimum Gasteiger partial charge on any atom is -0.493 e. The van der Waals surface area contributed by atoms with Crippen LogP contribution >= 0.6 is 15.9 Å². The highest BCUT2D eigenvalue weighted by atomic mass is 79.9. The molecule has 0 bridgehead atoms. The molecule has 3 N–H and O–H groups in total. The number of nitrogens with two attached hydrogens (primary N) is 1. The zero-order chi connectivity index (χ0) is 13.5. The lowest BCUT2D eigenvalue weighted by molar-refractivity contribution is -0.116. The minimum absolute atomic E-state index is 0.0756. The van der Waals surface area contributed by atoms with Crippen LogP contribution in [0.3, 0.4) is 0 Å². The highest BCUT2D eigenvalue weighted by Crippen LogP contribution is 2.36. The van der Waals surface area contributed by atoms with E-state index in [9.17, 15) is 4.79 Å². The van der Waals surface area contributed by atoms with Crippen molar-refractivity contribution in [2.24, 2.45) is 5.73 Å². The van der Waals surface area contributed by atoms with Crippen molar-refractivity contribution in [2.75, 3.05) is 26.1 Å². The van der Waals surface area contributed by atoms with Crippen molar-refractivity contribution in [1.82, 2.24) is 0 Å². The van der Waals surface area contributed by atoms with Crippen LogP contribution in [0.4, 0.5) is 5.69 Å². The predicted molar refractivity (Wildman–Crippen MR) is 74.2 cm³/mol. The maximum Gasteiger partial charge on any atom is 0.224 e. The summed E-state index contributed by atoms with van der Waals surface area (Å²) in [5.74, 6) is 1.09. The lowest BCUT2D eigenvalue weighted by Gasteiger charge is -2.12. The van der Waals surface area contributed by atoms with Crippen LogP contribution in [0.2, 0.25) is 0 Å². The number of nitrogens with one attached hydrogen (secondary N) is 1. The molecule has 0 saturated heterocycles. The Kier molecular flexibility index (Phi) is 5.94. The van der Waals surface area contributed by atoms with E-state index in [4.69, 9.17) is 15.2 Å². The van der Waals surface area contributed by atoms with Gasteiger partial charge in [0.1, 0.15) is 0 Å². The molecule has 1 rings (SSSR count).